The van der Waals surface area contributed by atoms with Crippen LogP contribution in [-0.4, -0.2) is 40.8 Å². The number of nitrogens with zero attached hydrogens (tertiary/aromatic N) is 1. The smallest absolute Gasteiger partial charge is 0.426 e. The van der Waals surface area contributed by atoms with E-state index in [1.807, 2.05) is 26.0 Å². The quantitative estimate of drug-likeness (QED) is 0.653. The van der Waals surface area contributed by atoms with Crippen molar-refractivity contribution >= 4 is 29.5 Å². The van der Waals surface area contributed by atoms with Gasteiger partial charge in [0.15, 0.2) is 0 Å². The average molecular weight is 368 g/mol. The van der Waals surface area contributed by atoms with Gasteiger partial charge in [0.05, 0.1) is 11.7 Å². The van der Waals surface area contributed by atoms with Crippen molar-refractivity contribution in [1.29, 1.82) is 0 Å². The normalized spacial score (nSPS) is 17.5. The highest BCUT2D eigenvalue weighted by Crippen LogP contribution is 2.19. The Bertz CT molecular complexity index is 838. The summed E-state index contributed by atoms with van der Waals surface area (Å²) in [5.74, 6) is -0.863. The molecule has 3 rings (SSSR count). The van der Waals surface area contributed by atoms with Crippen molar-refractivity contribution in [2.75, 3.05) is 0 Å². The van der Waals surface area contributed by atoms with E-state index >= 15 is 0 Å². The minimum absolute atomic E-state index is 0.223. The Morgan fingerprint density at radius 3 is 2.70 bits per heavy atom. The summed E-state index contributed by atoms with van der Waals surface area (Å²) in [6, 6.07) is 14.4. The fourth-order valence-electron chi connectivity index (χ4n) is 3.29. The van der Waals surface area contributed by atoms with Crippen LogP contribution in [0.2, 0.25) is 0 Å². The lowest BCUT2D eigenvalue weighted by Crippen LogP contribution is -2.50. The van der Waals surface area contributed by atoms with Gasteiger partial charge < -0.3 is 20.2 Å². The molecule has 1 amide bonds. The van der Waals surface area contributed by atoms with Crippen molar-refractivity contribution in [2.45, 2.75) is 45.2 Å². The molecule has 2 atom stereocenters. The minimum atomic E-state index is -1.60. The molecule has 2 unspecified atom stereocenters. The van der Waals surface area contributed by atoms with Crippen molar-refractivity contribution < 1.29 is 19.7 Å². The monoisotopic (exact) mass is 368 g/mol. The maximum Gasteiger partial charge on any atom is 0.475 e. The maximum atomic E-state index is 12.4. The van der Waals surface area contributed by atoms with Gasteiger partial charge in [-0.25, -0.2) is 0 Å². The van der Waals surface area contributed by atoms with E-state index in [1.54, 1.807) is 0 Å². The van der Waals surface area contributed by atoms with Crippen LogP contribution >= 0.6 is 0 Å². The van der Waals surface area contributed by atoms with Gasteiger partial charge in [-0.1, -0.05) is 61.5 Å². The van der Waals surface area contributed by atoms with Crippen molar-refractivity contribution in [3.63, 3.8) is 0 Å². The molecule has 0 aromatic heterocycles. The minimum Gasteiger partial charge on any atom is -0.426 e. The van der Waals surface area contributed by atoms with Crippen LogP contribution in [0.3, 0.4) is 0 Å². The number of nitrogens with one attached hydrogen (secondary N) is 1. The molecule has 27 heavy (non-hydrogen) atoms. The summed E-state index contributed by atoms with van der Waals surface area (Å²) in [5.41, 5.74) is 1.91. The third kappa shape index (κ3) is 5.08. The van der Waals surface area contributed by atoms with Gasteiger partial charge in [-0.2, -0.15) is 0 Å². The molecule has 1 aliphatic rings. The van der Waals surface area contributed by atoms with E-state index in [0.717, 1.165) is 16.7 Å². The molecular weight excluding hydrogens is 343 g/mol. The number of amides is 1. The van der Waals surface area contributed by atoms with Crippen LogP contribution in [0.15, 0.2) is 47.6 Å². The highest BCUT2D eigenvalue weighted by molar-refractivity contribution is 6.43. The van der Waals surface area contributed by atoms with E-state index in [2.05, 4.69) is 40.8 Å². The lowest BCUT2D eigenvalue weighted by molar-refractivity contribution is -0.131. The molecule has 2 aromatic rings. The topological polar surface area (TPSA) is 91.2 Å². The molecule has 3 N–H and O–H groups in total. The summed E-state index contributed by atoms with van der Waals surface area (Å²) in [4.78, 5) is 17.7. The predicted molar refractivity (Wildman–Crippen MR) is 106 cm³/mol. The van der Waals surface area contributed by atoms with Gasteiger partial charge >= 0.3 is 7.12 Å². The molecule has 0 fully saturated rings. The molecule has 0 bridgehead atoms. The van der Waals surface area contributed by atoms with E-state index in [1.165, 1.54) is 5.39 Å². The van der Waals surface area contributed by atoms with Crippen LogP contribution in [0, 0.1) is 5.92 Å². The number of fused-ring (bicyclic) bond motifs is 1. The van der Waals surface area contributed by atoms with E-state index in [-0.39, 0.29) is 11.8 Å². The molecule has 0 aliphatic carbocycles. The number of hydrogen-bond acceptors (Lipinski definition) is 5. The summed E-state index contributed by atoms with van der Waals surface area (Å²) in [5, 5.41) is 28.0. The predicted octanol–water partition coefficient (Wildman–Crippen LogP) is 2.07. The Kier molecular flexibility index (Phi) is 6.13. The Hall–Kier alpha value is -2.38. The van der Waals surface area contributed by atoms with E-state index < -0.39 is 19.2 Å². The molecule has 2 aromatic carbocycles. The fraction of sp³-hybridized carbons (Fsp3) is 0.400. The van der Waals surface area contributed by atoms with Gasteiger partial charge in [0.1, 0.15) is 0 Å². The van der Waals surface area contributed by atoms with Gasteiger partial charge in [-0.15, -0.1) is 0 Å². The SMILES string of the molecule is CC(C)CC(NC(=O)C1CC(Cc2ccc3ccccc3c2)=NO1)B(O)O. The fourth-order valence-corrected chi connectivity index (χ4v) is 3.29. The van der Waals surface area contributed by atoms with Gasteiger partial charge in [0.25, 0.3) is 5.91 Å². The number of carbonyl (C=O) groups is 1. The second-order valence-electron chi connectivity index (χ2n) is 7.47. The van der Waals surface area contributed by atoms with Crippen LogP contribution < -0.4 is 5.32 Å². The Balaban J connectivity index is 1.57. The standard InChI is InChI=1S/C20H25BN2O4/c1-13(2)9-19(21(25)26)22-20(24)18-12-17(23-27-18)11-14-7-8-15-5-3-4-6-16(15)10-14/h3-8,10,13,18-19,25-26H,9,11-12H2,1-2H3,(H,22,24). The largest absolute Gasteiger partial charge is 0.475 e. The van der Waals surface area contributed by atoms with Crippen LogP contribution in [0.1, 0.15) is 32.3 Å². The van der Waals surface area contributed by atoms with Crippen LogP contribution in [0.4, 0.5) is 0 Å². The summed E-state index contributed by atoms with van der Waals surface area (Å²) in [6.07, 6.45) is 0.760. The first-order chi connectivity index (χ1) is 12.9. The van der Waals surface area contributed by atoms with E-state index in [0.29, 0.717) is 19.3 Å². The summed E-state index contributed by atoms with van der Waals surface area (Å²) < 4.78 is 0. The first-order valence-electron chi connectivity index (χ1n) is 9.28. The van der Waals surface area contributed by atoms with Gasteiger partial charge in [-0.3, -0.25) is 4.79 Å². The van der Waals surface area contributed by atoms with Crippen molar-refractivity contribution in [3.8, 4) is 0 Å². The Morgan fingerprint density at radius 2 is 2.00 bits per heavy atom. The van der Waals surface area contributed by atoms with E-state index in [9.17, 15) is 14.8 Å². The molecule has 1 heterocycles. The lowest BCUT2D eigenvalue weighted by atomic mass is 9.75. The molecule has 0 spiro atoms. The molecule has 1 aliphatic heterocycles. The second kappa shape index (κ2) is 8.54. The lowest BCUT2D eigenvalue weighted by Gasteiger charge is -2.20. The zero-order chi connectivity index (χ0) is 19.4. The highest BCUT2D eigenvalue weighted by Gasteiger charge is 2.33. The zero-order valence-electron chi connectivity index (χ0n) is 15.6. The summed E-state index contributed by atoms with van der Waals surface area (Å²) in [7, 11) is -1.60. The molecule has 6 nitrogen and oxygen atoms in total. The first-order valence-corrected chi connectivity index (χ1v) is 9.28. The van der Waals surface area contributed by atoms with Crippen molar-refractivity contribution in [3.05, 3.63) is 48.0 Å². The molecule has 142 valence electrons. The molecule has 0 saturated carbocycles. The molecule has 0 radical (unpaired) electrons. The first kappa shape index (κ1) is 19.4. The van der Waals surface area contributed by atoms with Crippen LogP contribution in [0.25, 0.3) is 10.8 Å². The Morgan fingerprint density at radius 1 is 1.26 bits per heavy atom. The molecule has 7 heteroatoms. The number of carbonyl (C=O) groups excluding carboxylic acids is 1. The molecular formula is C20H25BN2O4. The second-order valence-corrected chi connectivity index (χ2v) is 7.47. The summed E-state index contributed by atoms with van der Waals surface area (Å²) >= 11 is 0. The van der Waals surface area contributed by atoms with Crippen molar-refractivity contribution in [1.82, 2.24) is 5.32 Å². The number of benzene rings is 2. The van der Waals surface area contributed by atoms with Crippen molar-refractivity contribution in [2.24, 2.45) is 11.1 Å². The Labute approximate surface area is 159 Å². The maximum absolute atomic E-state index is 12.4. The van der Waals surface area contributed by atoms with Gasteiger partial charge in [0, 0.05) is 12.8 Å². The number of oxime groups is 1. The van der Waals surface area contributed by atoms with E-state index in [4.69, 9.17) is 4.84 Å². The summed E-state index contributed by atoms with van der Waals surface area (Å²) in [6.45, 7) is 3.91. The van der Waals surface area contributed by atoms with Gasteiger partial charge in [0.2, 0.25) is 6.10 Å². The van der Waals surface area contributed by atoms with Gasteiger partial charge in [-0.05, 0) is 28.7 Å². The molecule has 0 saturated heterocycles. The number of hydrogen-bond donors (Lipinski definition) is 3. The third-order valence-corrected chi connectivity index (χ3v) is 4.66. The number of rotatable bonds is 7. The van der Waals surface area contributed by atoms with Crippen LogP contribution in [0.5, 0.6) is 0 Å². The average Bonchev–Trinajstić information content (AvgIpc) is 3.09. The van der Waals surface area contributed by atoms with Crippen LogP contribution in [-0.2, 0) is 16.1 Å². The highest BCUT2D eigenvalue weighted by atomic mass is 16.6. The zero-order valence-corrected chi connectivity index (χ0v) is 15.6. The third-order valence-electron chi connectivity index (χ3n) is 4.66.